The Bertz CT molecular complexity index is 371. The van der Waals surface area contributed by atoms with E-state index in [9.17, 15) is 0 Å². The summed E-state index contributed by atoms with van der Waals surface area (Å²) in [6.07, 6.45) is 0. The van der Waals surface area contributed by atoms with Gasteiger partial charge in [-0.15, -0.1) is 0 Å². The molecule has 0 spiro atoms. The first-order valence-electron chi connectivity index (χ1n) is 5.69. The second-order valence-electron chi connectivity index (χ2n) is 6.21. The molecule has 1 heterocycles. The first-order valence-corrected chi connectivity index (χ1v) is 5.69. The molecule has 1 aliphatic rings. The van der Waals surface area contributed by atoms with E-state index < -0.39 is 0 Å². The maximum atomic E-state index is 3.66. The topological polar surface area (TPSA) is 12.0 Å². The predicted octanol–water partition coefficient (Wildman–Crippen LogP) is 3.80. The molecule has 2 rings (SSSR count). The van der Waals surface area contributed by atoms with Crippen LogP contribution in [-0.4, -0.2) is 6.04 Å². The van der Waals surface area contributed by atoms with E-state index in [0.717, 1.165) is 0 Å². The normalized spacial score (nSPS) is 23.4. The smallest absolute Gasteiger partial charge is 0.0401 e. The lowest BCUT2D eigenvalue weighted by molar-refractivity contribution is 0.259. The molecule has 0 amide bonds. The van der Waals surface area contributed by atoms with Gasteiger partial charge >= 0.3 is 0 Å². The van der Waals surface area contributed by atoms with Crippen LogP contribution in [0.1, 0.15) is 40.2 Å². The molecule has 1 N–H and O–H groups in total. The number of rotatable bonds is 0. The van der Waals surface area contributed by atoms with Crippen molar-refractivity contribution in [1.29, 1.82) is 0 Å². The second kappa shape index (κ2) is 3.01. The minimum atomic E-state index is 0.217. The summed E-state index contributed by atoms with van der Waals surface area (Å²) in [5, 5.41) is 3.66. The SMILES string of the molecule is CC(C)(C)C1Nc2ccccc2C1(C)C. The van der Waals surface area contributed by atoms with Gasteiger partial charge in [-0.2, -0.15) is 0 Å². The van der Waals surface area contributed by atoms with E-state index in [-0.39, 0.29) is 10.8 Å². The zero-order chi connectivity index (χ0) is 11.3. The summed E-state index contributed by atoms with van der Waals surface area (Å²) >= 11 is 0. The minimum Gasteiger partial charge on any atom is -0.381 e. The van der Waals surface area contributed by atoms with Crippen molar-refractivity contribution in [3.63, 3.8) is 0 Å². The van der Waals surface area contributed by atoms with Gasteiger partial charge in [0, 0.05) is 17.1 Å². The number of hydrogen-bond donors (Lipinski definition) is 1. The molecular weight excluding hydrogens is 182 g/mol. The van der Waals surface area contributed by atoms with Crippen molar-refractivity contribution in [1.82, 2.24) is 0 Å². The Labute approximate surface area is 92.9 Å². The average molecular weight is 203 g/mol. The first kappa shape index (κ1) is 10.5. The van der Waals surface area contributed by atoms with Crippen LogP contribution in [0.4, 0.5) is 5.69 Å². The molecule has 82 valence electrons. The molecule has 1 heteroatoms. The predicted molar refractivity (Wildman–Crippen MR) is 66.3 cm³/mol. The Balaban J connectivity index is 2.47. The van der Waals surface area contributed by atoms with Gasteiger partial charge in [-0.3, -0.25) is 0 Å². The first-order chi connectivity index (χ1) is 6.83. The maximum absolute atomic E-state index is 3.66. The summed E-state index contributed by atoms with van der Waals surface area (Å²) < 4.78 is 0. The fourth-order valence-corrected chi connectivity index (χ4v) is 2.96. The lowest BCUT2D eigenvalue weighted by Gasteiger charge is -2.37. The Morgan fingerprint density at radius 1 is 1.13 bits per heavy atom. The molecule has 1 aromatic carbocycles. The van der Waals surface area contributed by atoms with E-state index in [1.807, 2.05) is 0 Å². The Hall–Kier alpha value is -0.980. The Morgan fingerprint density at radius 2 is 1.73 bits per heavy atom. The van der Waals surface area contributed by atoms with Crippen LogP contribution >= 0.6 is 0 Å². The molecule has 0 saturated carbocycles. The number of para-hydroxylation sites is 1. The zero-order valence-electron chi connectivity index (χ0n) is 10.4. The molecule has 0 aliphatic carbocycles. The van der Waals surface area contributed by atoms with Crippen molar-refractivity contribution in [2.45, 2.75) is 46.1 Å². The van der Waals surface area contributed by atoms with Crippen LogP contribution in [-0.2, 0) is 5.41 Å². The summed E-state index contributed by atoms with van der Waals surface area (Å²) in [5.74, 6) is 0. The molecule has 0 bridgehead atoms. The minimum absolute atomic E-state index is 0.217. The number of nitrogens with one attached hydrogen (secondary N) is 1. The molecule has 1 atom stereocenters. The number of anilines is 1. The van der Waals surface area contributed by atoms with Gasteiger partial charge in [0.15, 0.2) is 0 Å². The van der Waals surface area contributed by atoms with Gasteiger partial charge < -0.3 is 5.32 Å². The van der Waals surface area contributed by atoms with Gasteiger partial charge in [-0.1, -0.05) is 52.8 Å². The highest BCUT2D eigenvalue weighted by Crippen LogP contribution is 2.46. The van der Waals surface area contributed by atoms with E-state index in [1.165, 1.54) is 11.3 Å². The van der Waals surface area contributed by atoms with Gasteiger partial charge in [0.25, 0.3) is 0 Å². The fraction of sp³-hybridized carbons (Fsp3) is 0.571. The highest BCUT2D eigenvalue weighted by Gasteiger charge is 2.44. The van der Waals surface area contributed by atoms with E-state index in [4.69, 9.17) is 0 Å². The summed E-state index contributed by atoms with van der Waals surface area (Å²) in [5.41, 5.74) is 3.25. The largest absolute Gasteiger partial charge is 0.381 e. The third-order valence-corrected chi connectivity index (χ3v) is 3.51. The van der Waals surface area contributed by atoms with Gasteiger partial charge in [0.05, 0.1) is 0 Å². The summed E-state index contributed by atoms with van der Waals surface area (Å²) in [7, 11) is 0. The average Bonchev–Trinajstić information content (AvgIpc) is 2.39. The van der Waals surface area contributed by atoms with Crippen LogP contribution in [0.3, 0.4) is 0 Å². The van der Waals surface area contributed by atoms with Crippen molar-refractivity contribution in [3.8, 4) is 0 Å². The molecule has 0 aromatic heterocycles. The van der Waals surface area contributed by atoms with Gasteiger partial charge in [-0.25, -0.2) is 0 Å². The van der Waals surface area contributed by atoms with Crippen LogP contribution in [0, 0.1) is 5.41 Å². The van der Waals surface area contributed by atoms with Crippen LogP contribution in [0.2, 0.25) is 0 Å². The highest BCUT2D eigenvalue weighted by atomic mass is 15.0. The van der Waals surface area contributed by atoms with Crippen molar-refractivity contribution in [2.75, 3.05) is 5.32 Å². The van der Waals surface area contributed by atoms with Crippen molar-refractivity contribution in [2.24, 2.45) is 5.41 Å². The van der Waals surface area contributed by atoms with Crippen molar-refractivity contribution in [3.05, 3.63) is 29.8 Å². The van der Waals surface area contributed by atoms with Crippen LogP contribution < -0.4 is 5.32 Å². The monoisotopic (exact) mass is 203 g/mol. The molecule has 1 aliphatic heterocycles. The second-order valence-corrected chi connectivity index (χ2v) is 6.21. The lowest BCUT2D eigenvalue weighted by Crippen LogP contribution is -2.43. The molecule has 15 heavy (non-hydrogen) atoms. The van der Waals surface area contributed by atoms with E-state index >= 15 is 0 Å². The molecule has 1 unspecified atom stereocenters. The molecule has 0 saturated heterocycles. The number of fused-ring (bicyclic) bond motifs is 1. The Kier molecular flexibility index (Phi) is 2.11. The van der Waals surface area contributed by atoms with Crippen LogP contribution in [0.15, 0.2) is 24.3 Å². The highest BCUT2D eigenvalue weighted by molar-refractivity contribution is 5.61. The Morgan fingerprint density at radius 3 is 2.27 bits per heavy atom. The molecule has 1 nitrogen and oxygen atoms in total. The lowest BCUT2D eigenvalue weighted by atomic mass is 9.70. The maximum Gasteiger partial charge on any atom is 0.0401 e. The van der Waals surface area contributed by atoms with E-state index in [1.54, 1.807) is 0 Å². The summed E-state index contributed by atoms with van der Waals surface area (Å²) in [6.45, 7) is 11.6. The van der Waals surface area contributed by atoms with Gasteiger partial charge in [0.2, 0.25) is 0 Å². The fourth-order valence-electron chi connectivity index (χ4n) is 2.96. The summed E-state index contributed by atoms with van der Waals surface area (Å²) in [4.78, 5) is 0. The molecule has 1 aromatic rings. The van der Waals surface area contributed by atoms with Crippen LogP contribution in [0.5, 0.6) is 0 Å². The molecule has 0 fully saturated rings. The third-order valence-electron chi connectivity index (χ3n) is 3.51. The van der Waals surface area contributed by atoms with Gasteiger partial charge in [-0.05, 0) is 17.0 Å². The third kappa shape index (κ3) is 1.54. The van der Waals surface area contributed by atoms with E-state index in [0.29, 0.717) is 6.04 Å². The quantitative estimate of drug-likeness (QED) is 0.676. The standard InChI is InChI=1S/C14H21N/c1-13(2,3)12-14(4,5)10-8-6-7-9-11(10)15-12/h6-9,12,15H,1-5H3. The van der Waals surface area contributed by atoms with Crippen LogP contribution in [0.25, 0.3) is 0 Å². The number of benzene rings is 1. The van der Waals surface area contributed by atoms with Crippen molar-refractivity contribution < 1.29 is 0 Å². The number of hydrogen-bond acceptors (Lipinski definition) is 1. The van der Waals surface area contributed by atoms with E-state index in [2.05, 4.69) is 64.2 Å². The summed E-state index contributed by atoms with van der Waals surface area (Å²) in [6, 6.07) is 9.17. The molecular formula is C14H21N. The van der Waals surface area contributed by atoms with Crippen molar-refractivity contribution >= 4 is 5.69 Å². The molecule has 0 radical (unpaired) electrons. The zero-order valence-corrected chi connectivity index (χ0v) is 10.4. The van der Waals surface area contributed by atoms with Gasteiger partial charge in [0.1, 0.15) is 0 Å².